The van der Waals surface area contributed by atoms with Crippen molar-refractivity contribution in [3.8, 4) is 0 Å². The normalized spacial score (nSPS) is 17.8. The molecule has 4 nitrogen and oxygen atoms in total. The molecule has 1 heterocycles. The molecule has 0 aliphatic carbocycles. The molecule has 22 heavy (non-hydrogen) atoms. The number of methoxy groups -OCH3 is 1. The molecule has 0 spiro atoms. The van der Waals surface area contributed by atoms with Crippen molar-refractivity contribution in [3.05, 3.63) is 45.9 Å². The highest BCUT2D eigenvalue weighted by atomic mass is 35.5. The number of carbonyl (C=O) groups is 1. The predicted molar refractivity (Wildman–Crippen MR) is 87.0 cm³/mol. The van der Waals surface area contributed by atoms with E-state index >= 15 is 0 Å². The van der Waals surface area contributed by atoms with Gasteiger partial charge in [0, 0.05) is 16.3 Å². The van der Waals surface area contributed by atoms with Crippen molar-refractivity contribution in [1.82, 2.24) is 10.6 Å². The smallest absolute Gasteiger partial charge is 0.337 e. The Hall–Kier alpha value is -1.66. The van der Waals surface area contributed by atoms with Crippen molar-refractivity contribution < 1.29 is 13.9 Å². The maximum Gasteiger partial charge on any atom is 0.337 e. The molecule has 0 unspecified atom stereocenters. The van der Waals surface area contributed by atoms with E-state index in [1.54, 1.807) is 6.07 Å². The molecule has 0 aromatic heterocycles. The molecule has 1 aliphatic heterocycles. The number of thiocarbonyl (C=S) groups is 1. The van der Waals surface area contributed by atoms with E-state index in [2.05, 4.69) is 10.6 Å². The first-order chi connectivity index (χ1) is 10.5. The van der Waals surface area contributed by atoms with Gasteiger partial charge in [-0.15, -0.1) is 0 Å². The summed E-state index contributed by atoms with van der Waals surface area (Å²) in [5.74, 6) is -1.05. The van der Waals surface area contributed by atoms with E-state index in [0.717, 1.165) is 6.42 Å². The van der Waals surface area contributed by atoms with E-state index < -0.39 is 17.8 Å². The van der Waals surface area contributed by atoms with Gasteiger partial charge in [-0.3, -0.25) is 0 Å². The van der Waals surface area contributed by atoms with Gasteiger partial charge in [0.2, 0.25) is 0 Å². The number of esters is 1. The molecule has 1 atom stereocenters. The number of ether oxygens (including phenoxy) is 1. The lowest BCUT2D eigenvalue weighted by atomic mass is 9.93. The molecule has 0 bridgehead atoms. The standard InChI is InChI=1S/C15H16ClFN2O2S/c1-3-5-10-12(14(20)21-2)13(19-15(22)18-10)11-8(16)6-4-7-9(11)17/h4,6-7,13H,3,5H2,1-2H3,(H2,18,19,22)/t13-/m0/s1. The van der Waals surface area contributed by atoms with Crippen LogP contribution >= 0.6 is 23.8 Å². The minimum atomic E-state index is -0.781. The topological polar surface area (TPSA) is 50.4 Å². The van der Waals surface area contributed by atoms with Gasteiger partial charge in [0.1, 0.15) is 5.82 Å². The highest BCUT2D eigenvalue weighted by Crippen LogP contribution is 2.34. The lowest BCUT2D eigenvalue weighted by Gasteiger charge is -2.31. The van der Waals surface area contributed by atoms with Crippen LogP contribution < -0.4 is 10.6 Å². The Morgan fingerprint density at radius 2 is 2.23 bits per heavy atom. The molecule has 0 saturated carbocycles. The van der Waals surface area contributed by atoms with Crippen molar-refractivity contribution in [1.29, 1.82) is 0 Å². The molecule has 7 heteroatoms. The maximum absolute atomic E-state index is 14.3. The molecule has 1 aromatic carbocycles. The molecule has 2 N–H and O–H groups in total. The highest BCUT2D eigenvalue weighted by Gasteiger charge is 2.34. The third-order valence-electron chi connectivity index (χ3n) is 3.35. The molecule has 0 amide bonds. The summed E-state index contributed by atoms with van der Waals surface area (Å²) >= 11 is 11.3. The van der Waals surface area contributed by atoms with Crippen LogP contribution in [0.1, 0.15) is 31.4 Å². The summed E-state index contributed by atoms with van der Waals surface area (Å²) < 4.78 is 19.1. The Kier molecular flexibility index (Phi) is 5.37. The number of rotatable bonds is 4. The van der Waals surface area contributed by atoms with Crippen LogP contribution in [0, 0.1) is 5.82 Å². The van der Waals surface area contributed by atoms with Crippen LogP contribution in [0.2, 0.25) is 5.02 Å². The lowest BCUT2D eigenvalue weighted by Crippen LogP contribution is -2.46. The van der Waals surface area contributed by atoms with Gasteiger partial charge in [0.25, 0.3) is 0 Å². The zero-order valence-electron chi connectivity index (χ0n) is 12.2. The molecule has 1 aliphatic rings. The van der Waals surface area contributed by atoms with E-state index in [1.165, 1.54) is 19.2 Å². The zero-order valence-corrected chi connectivity index (χ0v) is 13.8. The van der Waals surface area contributed by atoms with Gasteiger partial charge in [-0.2, -0.15) is 0 Å². The first-order valence-electron chi connectivity index (χ1n) is 6.82. The summed E-state index contributed by atoms with van der Waals surface area (Å²) in [5, 5.41) is 6.40. The third-order valence-corrected chi connectivity index (χ3v) is 3.90. The second-order valence-electron chi connectivity index (χ2n) is 4.80. The average molecular weight is 343 g/mol. The second-order valence-corrected chi connectivity index (χ2v) is 5.62. The largest absolute Gasteiger partial charge is 0.466 e. The summed E-state index contributed by atoms with van der Waals surface area (Å²) in [7, 11) is 1.28. The summed E-state index contributed by atoms with van der Waals surface area (Å²) in [5.41, 5.74) is 1.11. The van der Waals surface area contributed by atoms with Gasteiger partial charge < -0.3 is 15.4 Å². The molecule has 2 rings (SSSR count). The molecule has 0 radical (unpaired) electrons. The van der Waals surface area contributed by atoms with E-state index in [9.17, 15) is 9.18 Å². The molecular formula is C15H16ClFN2O2S. The minimum absolute atomic E-state index is 0.182. The number of nitrogens with one attached hydrogen (secondary N) is 2. The molecular weight excluding hydrogens is 327 g/mol. The van der Waals surface area contributed by atoms with E-state index in [-0.39, 0.29) is 10.6 Å². The van der Waals surface area contributed by atoms with Crippen LogP contribution in [0.4, 0.5) is 4.39 Å². The SMILES string of the molecule is CCCC1=C(C(=O)OC)[C@H](c2c(F)cccc2Cl)NC(=S)N1. The number of hydrogen-bond acceptors (Lipinski definition) is 3. The number of hydrogen-bond donors (Lipinski definition) is 2. The summed E-state index contributed by atoms with van der Waals surface area (Å²) in [4.78, 5) is 12.2. The van der Waals surface area contributed by atoms with Crippen LogP contribution in [0.15, 0.2) is 29.5 Å². The van der Waals surface area contributed by atoms with Gasteiger partial charge in [-0.05, 0) is 30.8 Å². The highest BCUT2D eigenvalue weighted by molar-refractivity contribution is 7.80. The summed E-state index contributed by atoms with van der Waals surface area (Å²) in [6.07, 6.45) is 1.39. The van der Waals surface area contributed by atoms with Crippen LogP contribution in [0.5, 0.6) is 0 Å². The molecule has 1 aromatic rings. The van der Waals surface area contributed by atoms with E-state index in [0.29, 0.717) is 22.8 Å². The van der Waals surface area contributed by atoms with Gasteiger partial charge >= 0.3 is 5.97 Å². The number of benzene rings is 1. The zero-order chi connectivity index (χ0) is 16.3. The fourth-order valence-electron chi connectivity index (χ4n) is 2.42. The Morgan fingerprint density at radius 3 is 2.82 bits per heavy atom. The molecule has 118 valence electrons. The average Bonchev–Trinajstić information content (AvgIpc) is 2.46. The first-order valence-corrected chi connectivity index (χ1v) is 7.61. The fraction of sp³-hybridized carbons (Fsp3) is 0.333. The number of carbonyl (C=O) groups excluding carboxylic acids is 1. The monoisotopic (exact) mass is 342 g/mol. The second kappa shape index (κ2) is 7.07. The van der Waals surface area contributed by atoms with Crippen LogP contribution in [-0.2, 0) is 9.53 Å². The Morgan fingerprint density at radius 1 is 1.50 bits per heavy atom. The number of allylic oxidation sites excluding steroid dienone is 1. The summed E-state index contributed by atoms with van der Waals surface area (Å²) in [6.45, 7) is 1.97. The van der Waals surface area contributed by atoms with Crippen LogP contribution in [-0.4, -0.2) is 18.2 Å². The van der Waals surface area contributed by atoms with Crippen LogP contribution in [0.3, 0.4) is 0 Å². The maximum atomic E-state index is 14.3. The Labute approximate surface area is 138 Å². The quantitative estimate of drug-likeness (QED) is 0.650. The lowest BCUT2D eigenvalue weighted by molar-refractivity contribution is -0.136. The van der Waals surface area contributed by atoms with Crippen LogP contribution in [0.25, 0.3) is 0 Å². The van der Waals surface area contributed by atoms with Crippen molar-refractivity contribution in [2.24, 2.45) is 0 Å². The van der Waals surface area contributed by atoms with Crippen molar-refractivity contribution in [2.75, 3.05) is 7.11 Å². The molecule has 0 fully saturated rings. The van der Waals surface area contributed by atoms with Gasteiger partial charge in [0.05, 0.1) is 18.7 Å². The van der Waals surface area contributed by atoms with Gasteiger partial charge in [0.15, 0.2) is 5.11 Å². The Bertz CT molecular complexity index is 628. The first kappa shape index (κ1) is 16.7. The Balaban J connectivity index is 2.62. The third kappa shape index (κ3) is 3.23. The van der Waals surface area contributed by atoms with Crippen molar-refractivity contribution >= 4 is 34.9 Å². The summed E-state index contributed by atoms with van der Waals surface area (Å²) in [6, 6.07) is 3.59. The minimum Gasteiger partial charge on any atom is -0.466 e. The van der Waals surface area contributed by atoms with Crippen molar-refractivity contribution in [2.45, 2.75) is 25.8 Å². The van der Waals surface area contributed by atoms with Crippen molar-refractivity contribution in [3.63, 3.8) is 0 Å². The van der Waals surface area contributed by atoms with Gasteiger partial charge in [-0.25, -0.2) is 9.18 Å². The molecule has 0 saturated heterocycles. The number of halogens is 2. The van der Waals surface area contributed by atoms with Gasteiger partial charge in [-0.1, -0.05) is 31.0 Å². The predicted octanol–water partition coefficient (Wildman–Crippen LogP) is 3.23. The fourth-order valence-corrected chi connectivity index (χ4v) is 2.93. The van der Waals surface area contributed by atoms with E-state index in [1.807, 2.05) is 6.92 Å². The van der Waals surface area contributed by atoms with E-state index in [4.69, 9.17) is 28.6 Å².